The Hall–Kier alpha value is -1.55. The molecule has 0 fully saturated rings. The van der Waals surface area contributed by atoms with Crippen LogP contribution in [0, 0.1) is 5.92 Å². The highest BCUT2D eigenvalue weighted by atomic mass is 16.5. The number of carbonyl (C=O) groups excluding carboxylic acids is 1. The summed E-state index contributed by atoms with van der Waals surface area (Å²) in [5.41, 5.74) is 6.88. The van der Waals surface area contributed by atoms with Gasteiger partial charge in [-0.25, -0.2) is 0 Å². The second-order valence-corrected chi connectivity index (χ2v) is 4.48. The van der Waals surface area contributed by atoms with E-state index in [1.165, 1.54) is 0 Å². The second kappa shape index (κ2) is 7.01. The molecule has 0 aliphatic carbocycles. The zero-order chi connectivity index (χ0) is 13.5. The molecule has 1 amide bonds. The molecule has 100 valence electrons. The summed E-state index contributed by atoms with van der Waals surface area (Å²) in [6.45, 7) is 4.51. The fourth-order valence-corrected chi connectivity index (χ4v) is 1.56. The summed E-state index contributed by atoms with van der Waals surface area (Å²) in [5.74, 6) is 0.905. The third kappa shape index (κ3) is 4.04. The molecular weight excluding hydrogens is 228 g/mol. The van der Waals surface area contributed by atoms with Gasteiger partial charge in [-0.3, -0.25) is 4.79 Å². The van der Waals surface area contributed by atoms with Crippen molar-refractivity contribution in [1.29, 1.82) is 0 Å². The topological polar surface area (TPSA) is 64.4 Å². The van der Waals surface area contributed by atoms with Crippen molar-refractivity contribution >= 4 is 5.91 Å². The lowest BCUT2D eigenvalue weighted by Gasteiger charge is -2.17. The Bertz CT molecular complexity index is 376. The summed E-state index contributed by atoms with van der Waals surface area (Å²) < 4.78 is 5.07. The Morgan fingerprint density at radius 3 is 2.50 bits per heavy atom. The lowest BCUT2D eigenvalue weighted by atomic mass is 9.99. The van der Waals surface area contributed by atoms with E-state index < -0.39 is 6.04 Å². The Kier molecular flexibility index (Phi) is 5.65. The van der Waals surface area contributed by atoms with E-state index in [-0.39, 0.29) is 11.8 Å². The van der Waals surface area contributed by atoms with Gasteiger partial charge in [0, 0.05) is 6.54 Å². The predicted octanol–water partition coefficient (Wildman–Crippen LogP) is 1.68. The molecule has 0 aromatic heterocycles. The molecule has 0 aliphatic heterocycles. The molecular formula is C14H22N2O2. The average Bonchev–Trinajstić information content (AvgIpc) is 2.43. The van der Waals surface area contributed by atoms with Gasteiger partial charge < -0.3 is 15.8 Å². The maximum absolute atomic E-state index is 11.8. The van der Waals surface area contributed by atoms with Crippen LogP contribution in [0.15, 0.2) is 24.3 Å². The molecule has 4 nitrogen and oxygen atoms in total. The molecule has 0 heterocycles. The minimum Gasteiger partial charge on any atom is -0.497 e. The first-order valence-corrected chi connectivity index (χ1v) is 6.24. The van der Waals surface area contributed by atoms with Gasteiger partial charge in [0.2, 0.25) is 5.91 Å². The van der Waals surface area contributed by atoms with Crippen molar-refractivity contribution in [3.05, 3.63) is 29.8 Å². The molecule has 1 aromatic carbocycles. The number of rotatable bonds is 6. The van der Waals surface area contributed by atoms with Gasteiger partial charge in [0.25, 0.3) is 0 Å². The molecule has 4 heteroatoms. The number of amides is 1. The number of hydrogen-bond acceptors (Lipinski definition) is 3. The number of ether oxygens (including phenoxy) is 1. The molecule has 0 bridgehead atoms. The summed E-state index contributed by atoms with van der Waals surface area (Å²) in [5, 5.41) is 2.85. The minimum atomic E-state index is -0.437. The van der Waals surface area contributed by atoms with Crippen LogP contribution in [-0.4, -0.2) is 19.1 Å². The summed E-state index contributed by atoms with van der Waals surface area (Å²) in [7, 11) is 1.63. The van der Waals surface area contributed by atoms with E-state index in [2.05, 4.69) is 5.32 Å². The summed E-state index contributed by atoms with van der Waals surface area (Å²) in [6.07, 6.45) is 0.900. The number of carbonyl (C=O) groups is 1. The van der Waals surface area contributed by atoms with E-state index >= 15 is 0 Å². The lowest BCUT2D eigenvalue weighted by Crippen LogP contribution is -2.44. The Labute approximate surface area is 109 Å². The zero-order valence-electron chi connectivity index (χ0n) is 11.3. The van der Waals surface area contributed by atoms with Crippen LogP contribution in [-0.2, 0) is 11.3 Å². The summed E-state index contributed by atoms with van der Waals surface area (Å²) >= 11 is 0. The van der Waals surface area contributed by atoms with E-state index in [9.17, 15) is 4.79 Å². The molecule has 0 saturated carbocycles. The molecule has 3 N–H and O–H groups in total. The van der Waals surface area contributed by atoms with E-state index in [4.69, 9.17) is 10.5 Å². The molecule has 18 heavy (non-hydrogen) atoms. The van der Waals surface area contributed by atoms with E-state index in [1.807, 2.05) is 38.1 Å². The van der Waals surface area contributed by atoms with Crippen LogP contribution in [0.4, 0.5) is 0 Å². The molecule has 0 radical (unpaired) electrons. The number of benzene rings is 1. The SMILES string of the molecule is CCC(C)C(N)C(=O)NCc1ccc(OC)cc1. The second-order valence-electron chi connectivity index (χ2n) is 4.48. The van der Waals surface area contributed by atoms with Crippen LogP contribution >= 0.6 is 0 Å². The standard InChI is InChI=1S/C14H22N2O2/c1-4-10(2)13(15)14(17)16-9-11-5-7-12(18-3)8-6-11/h5-8,10,13H,4,9,15H2,1-3H3,(H,16,17). The van der Waals surface area contributed by atoms with Gasteiger partial charge in [-0.15, -0.1) is 0 Å². The van der Waals surface area contributed by atoms with Gasteiger partial charge >= 0.3 is 0 Å². The molecule has 0 spiro atoms. The first-order valence-electron chi connectivity index (χ1n) is 6.24. The Morgan fingerprint density at radius 1 is 1.39 bits per heavy atom. The fourth-order valence-electron chi connectivity index (χ4n) is 1.56. The monoisotopic (exact) mass is 250 g/mol. The third-order valence-corrected chi connectivity index (χ3v) is 3.19. The normalized spacial score (nSPS) is 13.8. The quantitative estimate of drug-likeness (QED) is 0.807. The predicted molar refractivity (Wildman–Crippen MR) is 72.3 cm³/mol. The van der Waals surface area contributed by atoms with Crippen molar-refractivity contribution in [2.75, 3.05) is 7.11 Å². The Balaban J connectivity index is 2.46. The third-order valence-electron chi connectivity index (χ3n) is 3.19. The van der Waals surface area contributed by atoms with Crippen molar-refractivity contribution in [2.45, 2.75) is 32.9 Å². The highest BCUT2D eigenvalue weighted by Gasteiger charge is 2.18. The average molecular weight is 250 g/mol. The summed E-state index contributed by atoms with van der Waals surface area (Å²) in [4.78, 5) is 11.8. The van der Waals surface area contributed by atoms with Gasteiger partial charge in [0.05, 0.1) is 13.2 Å². The van der Waals surface area contributed by atoms with Crippen LogP contribution in [0.1, 0.15) is 25.8 Å². The largest absolute Gasteiger partial charge is 0.497 e. The van der Waals surface area contributed by atoms with Gasteiger partial charge in [-0.05, 0) is 23.6 Å². The molecule has 1 rings (SSSR count). The van der Waals surface area contributed by atoms with Crippen LogP contribution < -0.4 is 15.8 Å². The van der Waals surface area contributed by atoms with Crippen molar-refractivity contribution in [1.82, 2.24) is 5.32 Å². The number of nitrogens with one attached hydrogen (secondary N) is 1. The van der Waals surface area contributed by atoms with Gasteiger partial charge in [0.15, 0.2) is 0 Å². The van der Waals surface area contributed by atoms with Crippen LogP contribution in [0.25, 0.3) is 0 Å². The maximum Gasteiger partial charge on any atom is 0.237 e. The van der Waals surface area contributed by atoms with Gasteiger partial charge in [0.1, 0.15) is 5.75 Å². The molecule has 0 aliphatic rings. The van der Waals surface area contributed by atoms with Crippen LogP contribution in [0.5, 0.6) is 5.75 Å². The smallest absolute Gasteiger partial charge is 0.237 e. The first kappa shape index (κ1) is 14.5. The van der Waals surface area contributed by atoms with Crippen molar-refractivity contribution in [2.24, 2.45) is 11.7 Å². The molecule has 2 unspecified atom stereocenters. The number of hydrogen-bond donors (Lipinski definition) is 2. The molecule has 1 aromatic rings. The lowest BCUT2D eigenvalue weighted by molar-refractivity contribution is -0.123. The van der Waals surface area contributed by atoms with Crippen molar-refractivity contribution < 1.29 is 9.53 Å². The van der Waals surface area contributed by atoms with E-state index in [0.29, 0.717) is 6.54 Å². The number of nitrogens with two attached hydrogens (primary N) is 1. The summed E-state index contributed by atoms with van der Waals surface area (Å²) in [6, 6.07) is 7.15. The number of methoxy groups -OCH3 is 1. The van der Waals surface area contributed by atoms with E-state index in [1.54, 1.807) is 7.11 Å². The first-order chi connectivity index (χ1) is 8.58. The van der Waals surface area contributed by atoms with Crippen LogP contribution in [0.3, 0.4) is 0 Å². The highest BCUT2D eigenvalue weighted by molar-refractivity contribution is 5.81. The molecule has 0 saturated heterocycles. The minimum absolute atomic E-state index is 0.0971. The fraction of sp³-hybridized carbons (Fsp3) is 0.500. The Morgan fingerprint density at radius 2 is 2.00 bits per heavy atom. The maximum atomic E-state index is 11.8. The van der Waals surface area contributed by atoms with Crippen molar-refractivity contribution in [3.8, 4) is 5.75 Å². The van der Waals surface area contributed by atoms with Crippen molar-refractivity contribution in [3.63, 3.8) is 0 Å². The van der Waals surface area contributed by atoms with E-state index in [0.717, 1.165) is 17.7 Å². The highest BCUT2D eigenvalue weighted by Crippen LogP contribution is 2.11. The van der Waals surface area contributed by atoms with Gasteiger partial charge in [-0.1, -0.05) is 32.4 Å². The zero-order valence-corrected chi connectivity index (χ0v) is 11.3. The van der Waals surface area contributed by atoms with Crippen LogP contribution in [0.2, 0.25) is 0 Å². The van der Waals surface area contributed by atoms with Gasteiger partial charge in [-0.2, -0.15) is 0 Å². The molecule has 2 atom stereocenters.